The standard InChI is InChI=1S/C22H46N3O2/c1-3-5-6-7-8-9-10-11-12-13-18-25(19-14-16-23,20-15-17-24)22(26)27-21-4-2/h4H,2-3,5-21,23-24H2,1H3/q+1. The van der Waals surface area contributed by atoms with Gasteiger partial charge in [-0.05, 0) is 25.9 Å². The molecule has 0 fully saturated rings. The molecule has 27 heavy (non-hydrogen) atoms. The van der Waals surface area contributed by atoms with E-state index in [-0.39, 0.29) is 12.7 Å². The SMILES string of the molecule is C=CCOC(=O)[N+](CCCN)(CCCN)CCCCCCCCCCCC. The normalized spacial score (nSPS) is 11.5. The van der Waals surface area contributed by atoms with E-state index in [0.717, 1.165) is 38.9 Å². The Hall–Kier alpha value is -0.910. The van der Waals surface area contributed by atoms with E-state index in [4.69, 9.17) is 16.2 Å². The largest absolute Gasteiger partial charge is 0.516 e. The maximum Gasteiger partial charge on any atom is 0.516 e. The van der Waals surface area contributed by atoms with Crippen molar-refractivity contribution in [1.29, 1.82) is 0 Å². The summed E-state index contributed by atoms with van der Waals surface area (Å²) in [5.41, 5.74) is 11.4. The molecule has 0 aromatic heterocycles. The van der Waals surface area contributed by atoms with Crippen LogP contribution in [0.5, 0.6) is 0 Å². The molecule has 0 aromatic carbocycles. The van der Waals surface area contributed by atoms with Gasteiger partial charge in [0.2, 0.25) is 0 Å². The van der Waals surface area contributed by atoms with E-state index in [0.29, 0.717) is 17.6 Å². The molecular weight excluding hydrogens is 338 g/mol. The van der Waals surface area contributed by atoms with Gasteiger partial charge in [-0.2, -0.15) is 4.79 Å². The highest BCUT2D eigenvalue weighted by atomic mass is 16.6. The minimum atomic E-state index is -0.146. The van der Waals surface area contributed by atoms with Gasteiger partial charge in [0.25, 0.3) is 0 Å². The summed E-state index contributed by atoms with van der Waals surface area (Å²) in [4.78, 5) is 12.7. The quantitative estimate of drug-likeness (QED) is 0.191. The van der Waals surface area contributed by atoms with Crippen LogP contribution in [0, 0.1) is 0 Å². The zero-order valence-corrected chi connectivity index (χ0v) is 17.9. The van der Waals surface area contributed by atoms with Crippen molar-refractivity contribution in [3.05, 3.63) is 12.7 Å². The summed E-state index contributed by atoms with van der Waals surface area (Å²) in [7, 11) is 0. The molecule has 0 aromatic rings. The number of carbonyl (C=O) groups is 1. The van der Waals surface area contributed by atoms with Crippen molar-refractivity contribution in [2.75, 3.05) is 39.3 Å². The van der Waals surface area contributed by atoms with Gasteiger partial charge in [-0.3, -0.25) is 0 Å². The fourth-order valence-electron chi connectivity index (χ4n) is 3.57. The third-order valence-corrected chi connectivity index (χ3v) is 5.23. The lowest BCUT2D eigenvalue weighted by atomic mass is 10.1. The van der Waals surface area contributed by atoms with Crippen LogP contribution in [0.2, 0.25) is 0 Å². The van der Waals surface area contributed by atoms with Crippen LogP contribution in [-0.4, -0.2) is 49.9 Å². The Kier molecular flexibility index (Phi) is 17.8. The van der Waals surface area contributed by atoms with Crippen LogP contribution in [0.1, 0.15) is 84.0 Å². The van der Waals surface area contributed by atoms with Crippen molar-refractivity contribution in [1.82, 2.24) is 0 Å². The maximum absolute atomic E-state index is 12.7. The summed E-state index contributed by atoms with van der Waals surface area (Å²) in [6.07, 6.45) is 16.0. The molecule has 5 nitrogen and oxygen atoms in total. The molecule has 0 saturated carbocycles. The van der Waals surface area contributed by atoms with Crippen molar-refractivity contribution in [2.24, 2.45) is 11.5 Å². The van der Waals surface area contributed by atoms with Gasteiger partial charge in [-0.15, -0.1) is 0 Å². The second-order valence-corrected chi connectivity index (χ2v) is 7.65. The summed E-state index contributed by atoms with van der Waals surface area (Å²) in [6, 6.07) is 0. The smallest absolute Gasteiger partial charge is 0.416 e. The van der Waals surface area contributed by atoms with Gasteiger partial charge < -0.3 is 16.2 Å². The lowest BCUT2D eigenvalue weighted by molar-refractivity contribution is -0.858. The second-order valence-electron chi connectivity index (χ2n) is 7.65. The van der Waals surface area contributed by atoms with E-state index >= 15 is 0 Å². The zero-order valence-electron chi connectivity index (χ0n) is 17.9. The molecular formula is C22H46N3O2+. The van der Waals surface area contributed by atoms with Gasteiger partial charge in [0.05, 0.1) is 19.6 Å². The second kappa shape index (κ2) is 18.5. The lowest BCUT2D eigenvalue weighted by Crippen LogP contribution is -2.55. The Labute approximate surface area is 168 Å². The minimum Gasteiger partial charge on any atom is -0.416 e. The highest BCUT2D eigenvalue weighted by Crippen LogP contribution is 2.17. The first kappa shape index (κ1) is 26.1. The van der Waals surface area contributed by atoms with Gasteiger partial charge in [-0.1, -0.05) is 70.9 Å². The van der Waals surface area contributed by atoms with E-state index in [1.807, 2.05) is 0 Å². The number of carbonyl (C=O) groups excluding carboxylic acids is 1. The van der Waals surface area contributed by atoms with Gasteiger partial charge >= 0.3 is 6.09 Å². The minimum absolute atomic E-state index is 0.146. The lowest BCUT2D eigenvalue weighted by Gasteiger charge is -2.34. The molecule has 0 saturated heterocycles. The van der Waals surface area contributed by atoms with E-state index in [2.05, 4.69) is 13.5 Å². The fraction of sp³-hybridized carbons (Fsp3) is 0.864. The van der Waals surface area contributed by atoms with Crippen LogP contribution in [0.3, 0.4) is 0 Å². The third-order valence-electron chi connectivity index (χ3n) is 5.23. The number of nitrogens with zero attached hydrogens (tertiary/aromatic N) is 1. The predicted molar refractivity (Wildman–Crippen MR) is 116 cm³/mol. The van der Waals surface area contributed by atoms with E-state index in [1.165, 1.54) is 57.8 Å². The first-order valence-electron chi connectivity index (χ1n) is 11.2. The summed E-state index contributed by atoms with van der Waals surface area (Å²) in [5.74, 6) is 0. The van der Waals surface area contributed by atoms with E-state index in [1.54, 1.807) is 6.08 Å². The number of hydrogen-bond acceptors (Lipinski definition) is 4. The molecule has 0 aliphatic carbocycles. The topological polar surface area (TPSA) is 78.3 Å². The molecule has 0 aliphatic rings. The molecule has 5 heteroatoms. The van der Waals surface area contributed by atoms with Crippen LogP contribution in [-0.2, 0) is 4.74 Å². The molecule has 0 radical (unpaired) electrons. The molecule has 0 spiro atoms. The first-order chi connectivity index (χ1) is 13.2. The van der Waals surface area contributed by atoms with Gasteiger partial charge in [0, 0.05) is 12.8 Å². The first-order valence-corrected chi connectivity index (χ1v) is 11.2. The van der Waals surface area contributed by atoms with E-state index in [9.17, 15) is 4.79 Å². The number of quaternary nitrogens is 1. The Bertz CT molecular complexity index is 353. The molecule has 1 amide bonds. The van der Waals surface area contributed by atoms with Crippen molar-refractivity contribution in [2.45, 2.75) is 84.0 Å². The third kappa shape index (κ3) is 13.0. The van der Waals surface area contributed by atoms with Gasteiger partial charge in [0.1, 0.15) is 6.61 Å². The highest BCUT2D eigenvalue weighted by Gasteiger charge is 2.37. The molecule has 160 valence electrons. The van der Waals surface area contributed by atoms with Crippen LogP contribution < -0.4 is 11.5 Å². The van der Waals surface area contributed by atoms with Crippen LogP contribution in [0.15, 0.2) is 12.7 Å². The van der Waals surface area contributed by atoms with Crippen molar-refractivity contribution in [3.8, 4) is 0 Å². The number of rotatable bonds is 19. The number of unbranched alkanes of at least 4 members (excludes halogenated alkanes) is 9. The van der Waals surface area contributed by atoms with Crippen LogP contribution in [0.4, 0.5) is 4.79 Å². The Morgan fingerprint density at radius 1 is 0.815 bits per heavy atom. The monoisotopic (exact) mass is 384 g/mol. The Balaban J connectivity index is 4.34. The van der Waals surface area contributed by atoms with E-state index < -0.39 is 0 Å². The summed E-state index contributed by atoms with van der Waals surface area (Å²) in [5, 5.41) is 0. The summed E-state index contributed by atoms with van der Waals surface area (Å²) in [6.45, 7) is 9.66. The van der Waals surface area contributed by atoms with Crippen LogP contribution in [0.25, 0.3) is 0 Å². The zero-order chi connectivity index (χ0) is 20.2. The highest BCUT2D eigenvalue weighted by molar-refractivity contribution is 5.59. The average molecular weight is 385 g/mol. The molecule has 0 rings (SSSR count). The number of nitrogens with two attached hydrogens (primary N) is 2. The van der Waals surface area contributed by atoms with Crippen molar-refractivity contribution in [3.63, 3.8) is 0 Å². The van der Waals surface area contributed by atoms with Crippen molar-refractivity contribution >= 4 is 6.09 Å². The van der Waals surface area contributed by atoms with Crippen molar-refractivity contribution < 1.29 is 14.0 Å². The number of amides is 1. The Morgan fingerprint density at radius 3 is 1.70 bits per heavy atom. The van der Waals surface area contributed by atoms with Gasteiger partial charge in [0.15, 0.2) is 0 Å². The summed E-state index contributed by atoms with van der Waals surface area (Å²) >= 11 is 0. The number of ether oxygens (including phenoxy) is 1. The van der Waals surface area contributed by atoms with Gasteiger partial charge in [-0.25, -0.2) is 4.48 Å². The molecule has 0 atom stereocenters. The maximum atomic E-state index is 12.7. The molecule has 0 unspecified atom stereocenters. The molecule has 0 heterocycles. The number of hydrogen-bond donors (Lipinski definition) is 2. The molecule has 0 bridgehead atoms. The predicted octanol–water partition coefficient (Wildman–Crippen LogP) is 4.74. The Morgan fingerprint density at radius 2 is 1.26 bits per heavy atom. The molecule has 0 aliphatic heterocycles. The summed E-state index contributed by atoms with van der Waals surface area (Å²) < 4.78 is 5.79. The molecule has 4 N–H and O–H groups in total. The average Bonchev–Trinajstić information content (AvgIpc) is 2.69. The van der Waals surface area contributed by atoms with Crippen LogP contribution >= 0.6 is 0 Å². The fourth-order valence-corrected chi connectivity index (χ4v) is 3.57.